The van der Waals surface area contributed by atoms with Gasteiger partial charge in [0.2, 0.25) is 0 Å². The molecule has 0 saturated heterocycles. The molecule has 2 aromatic rings. The first-order chi connectivity index (χ1) is 7.74. The minimum Gasteiger partial charge on any atom is -0.297 e. The largest absolute Gasteiger partial charge is 0.297 e. The molecule has 0 aliphatic heterocycles. The summed E-state index contributed by atoms with van der Waals surface area (Å²) in [5.41, 5.74) is 1.36. The molecule has 84 valence electrons. The van der Waals surface area contributed by atoms with E-state index in [0.717, 1.165) is 13.1 Å². The molecule has 0 N–H and O–H groups in total. The minimum atomic E-state index is 0.996. The highest BCUT2D eigenvalue weighted by molar-refractivity contribution is 9.11. The Morgan fingerprint density at radius 2 is 1.81 bits per heavy atom. The first kappa shape index (κ1) is 11.8. The Hall–Kier alpha value is -0.640. The minimum absolute atomic E-state index is 0.996. The first-order valence-electron chi connectivity index (χ1n) is 5.21. The lowest BCUT2D eigenvalue weighted by Crippen LogP contribution is -2.16. The Morgan fingerprint density at radius 3 is 2.44 bits per heavy atom. The van der Waals surface area contributed by atoms with E-state index in [0.29, 0.717) is 0 Å². The average Bonchev–Trinajstić information content (AvgIpc) is 2.65. The van der Waals surface area contributed by atoms with Crippen LogP contribution in [0.25, 0.3) is 0 Å². The van der Waals surface area contributed by atoms with Crippen LogP contribution in [-0.2, 0) is 13.1 Å². The number of hydrogen-bond acceptors (Lipinski definition) is 2. The molecule has 0 unspecified atom stereocenters. The second-order valence-electron chi connectivity index (χ2n) is 3.86. The van der Waals surface area contributed by atoms with Crippen molar-refractivity contribution in [1.29, 1.82) is 0 Å². The zero-order valence-electron chi connectivity index (χ0n) is 9.19. The van der Waals surface area contributed by atoms with Gasteiger partial charge in [-0.25, -0.2) is 0 Å². The van der Waals surface area contributed by atoms with Gasteiger partial charge < -0.3 is 0 Å². The Balaban J connectivity index is 1.92. The van der Waals surface area contributed by atoms with Gasteiger partial charge in [0.25, 0.3) is 0 Å². The monoisotopic (exact) mass is 295 g/mol. The van der Waals surface area contributed by atoms with Crippen LogP contribution in [-0.4, -0.2) is 11.9 Å². The maximum atomic E-state index is 3.49. The molecule has 0 fully saturated rings. The average molecular weight is 296 g/mol. The Bertz CT molecular complexity index is 438. The molecular formula is C13H14BrNS. The lowest BCUT2D eigenvalue weighted by molar-refractivity contribution is 0.322. The quantitative estimate of drug-likeness (QED) is 0.819. The lowest BCUT2D eigenvalue weighted by Gasteiger charge is -2.15. The number of nitrogens with zero attached hydrogens (tertiary/aromatic N) is 1. The smallest absolute Gasteiger partial charge is 0.0701 e. The van der Waals surface area contributed by atoms with E-state index in [-0.39, 0.29) is 0 Å². The zero-order chi connectivity index (χ0) is 11.4. The van der Waals surface area contributed by atoms with Gasteiger partial charge in [-0.2, -0.15) is 0 Å². The van der Waals surface area contributed by atoms with Gasteiger partial charge in [0, 0.05) is 18.0 Å². The normalized spacial score (nSPS) is 10.9. The van der Waals surface area contributed by atoms with Crippen LogP contribution in [0.3, 0.4) is 0 Å². The molecular weight excluding hydrogens is 282 g/mol. The third-order valence-corrected chi connectivity index (χ3v) is 3.96. The highest BCUT2D eigenvalue weighted by atomic mass is 79.9. The van der Waals surface area contributed by atoms with E-state index in [4.69, 9.17) is 0 Å². The van der Waals surface area contributed by atoms with Crippen LogP contribution >= 0.6 is 27.3 Å². The number of hydrogen-bond donors (Lipinski definition) is 0. The van der Waals surface area contributed by atoms with Crippen molar-refractivity contribution in [3.63, 3.8) is 0 Å². The van der Waals surface area contributed by atoms with Crippen molar-refractivity contribution in [3.05, 3.63) is 56.7 Å². The van der Waals surface area contributed by atoms with E-state index in [1.54, 1.807) is 11.3 Å². The van der Waals surface area contributed by atoms with E-state index in [1.807, 2.05) is 0 Å². The second kappa shape index (κ2) is 5.62. The summed E-state index contributed by atoms with van der Waals surface area (Å²) < 4.78 is 1.20. The molecule has 0 bridgehead atoms. The highest BCUT2D eigenvalue weighted by Crippen LogP contribution is 2.23. The maximum Gasteiger partial charge on any atom is 0.0701 e. The number of thiophene rings is 1. The summed E-state index contributed by atoms with van der Waals surface area (Å²) in [4.78, 5) is 3.72. The predicted octanol–water partition coefficient (Wildman–Crippen LogP) is 4.14. The Morgan fingerprint density at radius 1 is 1.06 bits per heavy atom. The SMILES string of the molecule is CN(Cc1ccccc1)Cc1ccc(Br)s1. The van der Waals surface area contributed by atoms with Crippen LogP contribution in [0.1, 0.15) is 10.4 Å². The van der Waals surface area contributed by atoms with E-state index in [2.05, 4.69) is 70.3 Å². The van der Waals surface area contributed by atoms with Gasteiger partial charge in [0.05, 0.1) is 3.79 Å². The van der Waals surface area contributed by atoms with Crippen LogP contribution in [0.5, 0.6) is 0 Å². The van der Waals surface area contributed by atoms with Gasteiger partial charge in [0.1, 0.15) is 0 Å². The molecule has 2 rings (SSSR count). The van der Waals surface area contributed by atoms with Crippen molar-refractivity contribution in [2.45, 2.75) is 13.1 Å². The molecule has 0 amide bonds. The summed E-state index contributed by atoms with van der Waals surface area (Å²) in [6, 6.07) is 14.9. The molecule has 1 aromatic heterocycles. The molecule has 1 heterocycles. The Kier molecular flexibility index (Phi) is 4.16. The molecule has 0 radical (unpaired) electrons. The molecule has 1 nitrogen and oxygen atoms in total. The van der Waals surface area contributed by atoms with Crippen molar-refractivity contribution in [2.24, 2.45) is 0 Å². The summed E-state index contributed by atoms with van der Waals surface area (Å²) >= 11 is 5.29. The molecule has 0 saturated carbocycles. The van der Waals surface area contributed by atoms with Crippen molar-refractivity contribution in [2.75, 3.05) is 7.05 Å². The third kappa shape index (κ3) is 3.44. The molecule has 3 heteroatoms. The summed E-state index contributed by atoms with van der Waals surface area (Å²) in [5, 5.41) is 0. The van der Waals surface area contributed by atoms with Gasteiger partial charge in [-0.05, 0) is 40.7 Å². The summed E-state index contributed by atoms with van der Waals surface area (Å²) in [5.74, 6) is 0. The zero-order valence-corrected chi connectivity index (χ0v) is 11.6. The van der Waals surface area contributed by atoms with E-state index in [1.165, 1.54) is 14.2 Å². The fourth-order valence-electron chi connectivity index (χ4n) is 1.65. The molecule has 16 heavy (non-hydrogen) atoms. The summed E-state index contributed by atoms with van der Waals surface area (Å²) in [7, 11) is 2.15. The van der Waals surface area contributed by atoms with E-state index in [9.17, 15) is 0 Å². The van der Waals surface area contributed by atoms with Crippen molar-refractivity contribution < 1.29 is 0 Å². The number of benzene rings is 1. The van der Waals surface area contributed by atoms with Crippen molar-refractivity contribution in [3.8, 4) is 0 Å². The molecule has 0 aliphatic carbocycles. The van der Waals surface area contributed by atoms with E-state index < -0.39 is 0 Å². The molecule has 0 aliphatic rings. The van der Waals surface area contributed by atoms with Crippen LogP contribution < -0.4 is 0 Å². The first-order valence-corrected chi connectivity index (χ1v) is 6.81. The van der Waals surface area contributed by atoms with Crippen molar-refractivity contribution in [1.82, 2.24) is 4.90 Å². The van der Waals surface area contributed by atoms with Crippen LogP contribution in [0.15, 0.2) is 46.3 Å². The topological polar surface area (TPSA) is 3.24 Å². The summed E-state index contributed by atoms with van der Waals surface area (Å²) in [6.07, 6.45) is 0. The fourth-order valence-corrected chi connectivity index (χ4v) is 3.22. The van der Waals surface area contributed by atoms with Gasteiger partial charge in [-0.3, -0.25) is 4.90 Å². The maximum absolute atomic E-state index is 3.49. The second-order valence-corrected chi connectivity index (χ2v) is 6.41. The van der Waals surface area contributed by atoms with Gasteiger partial charge in [-0.15, -0.1) is 11.3 Å². The Labute approximate surface area is 109 Å². The molecule has 0 atom stereocenters. The lowest BCUT2D eigenvalue weighted by atomic mass is 10.2. The van der Waals surface area contributed by atoms with Gasteiger partial charge in [-0.1, -0.05) is 30.3 Å². The van der Waals surface area contributed by atoms with Crippen LogP contribution in [0.2, 0.25) is 0 Å². The van der Waals surface area contributed by atoms with Gasteiger partial charge in [0.15, 0.2) is 0 Å². The standard InChI is InChI=1S/C13H14BrNS/c1-15(9-11-5-3-2-4-6-11)10-12-7-8-13(14)16-12/h2-8H,9-10H2,1H3. The summed E-state index contributed by atoms with van der Waals surface area (Å²) in [6.45, 7) is 2.00. The fraction of sp³-hybridized carbons (Fsp3) is 0.231. The molecule has 0 spiro atoms. The molecule has 1 aromatic carbocycles. The van der Waals surface area contributed by atoms with Crippen LogP contribution in [0, 0.1) is 0 Å². The van der Waals surface area contributed by atoms with Gasteiger partial charge >= 0.3 is 0 Å². The van der Waals surface area contributed by atoms with Crippen LogP contribution in [0.4, 0.5) is 0 Å². The highest BCUT2D eigenvalue weighted by Gasteiger charge is 2.03. The van der Waals surface area contributed by atoms with Crippen molar-refractivity contribution >= 4 is 27.3 Å². The predicted molar refractivity (Wildman–Crippen MR) is 73.6 cm³/mol. The number of rotatable bonds is 4. The van der Waals surface area contributed by atoms with E-state index >= 15 is 0 Å². The third-order valence-electron chi connectivity index (χ3n) is 2.35. The number of halogens is 1.